The van der Waals surface area contributed by atoms with Crippen LogP contribution >= 0.6 is 0 Å². The number of carbonyl (C=O) groups excluding carboxylic acids is 2. The molecule has 0 unspecified atom stereocenters. The van der Waals surface area contributed by atoms with E-state index in [4.69, 9.17) is 9.47 Å². The maximum atomic E-state index is 12.0. The molecule has 0 spiro atoms. The van der Waals surface area contributed by atoms with Crippen LogP contribution in [0.15, 0.2) is 0 Å². The van der Waals surface area contributed by atoms with Gasteiger partial charge in [-0.05, 0) is 33.6 Å². The summed E-state index contributed by atoms with van der Waals surface area (Å²) in [5.41, 5.74) is -1.56. The van der Waals surface area contributed by atoms with Crippen LogP contribution in [-0.2, 0) is 19.1 Å². The van der Waals surface area contributed by atoms with Crippen molar-refractivity contribution < 1.29 is 19.1 Å². The molecule has 0 radical (unpaired) electrons. The normalized spacial score (nSPS) is 35.7. The van der Waals surface area contributed by atoms with Gasteiger partial charge in [-0.1, -0.05) is 6.42 Å². The predicted molar refractivity (Wildman–Crippen MR) is 56.6 cm³/mol. The molecule has 1 aliphatic carbocycles. The molecule has 2 rings (SSSR count). The average Bonchev–Trinajstić information content (AvgIpc) is 2.68. The minimum Gasteiger partial charge on any atom is -0.465 e. The van der Waals surface area contributed by atoms with Gasteiger partial charge in [0.1, 0.15) is 5.60 Å². The quantitative estimate of drug-likeness (QED) is 0.531. The van der Waals surface area contributed by atoms with E-state index < -0.39 is 23.0 Å². The average molecular weight is 226 g/mol. The number of cyclic esters (lactones) is 1. The molecule has 1 heterocycles. The van der Waals surface area contributed by atoms with E-state index in [9.17, 15) is 9.59 Å². The van der Waals surface area contributed by atoms with Crippen molar-refractivity contribution in [2.24, 2.45) is 11.3 Å². The van der Waals surface area contributed by atoms with Crippen molar-refractivity contribution in [2.45, 2.75) is 45.6 Å². The molecule has 2 aliphatic rings. The van der Waals surface area contributed by atoms with Crippen LogP contribution in [0.4, 0.5) is 0 Å². The van der Waals surface area contributed by atoms with Crippen molar-refractivity contribution in [3.63, 3.8) is 0 Å². The third-order valence-electron chi connectivity index (χ3n) is 3.86. The molecule has 16 heavy (non-hydrogen) atoms. The fraction of sp³-hybridized carbons (Fsp3) is 0.833. The first-order valence-electron chi connectivity index (χ1n) is 5.86. The van der Waals surface area contributed by atoms with Crippen molar-refractivity contribution in [1.29, 1.82) is 0 Å². The van der Waals surface area contributed by atoms with Crippen molar-refractivity contribution in [1.82, 2.24) is 0 Å². The molecule has 0 aromatic heterocycles. The van der Waals surface area contributed by atoms with Gasteiger partial charge in [-0.15, -0.1) is 0 Å². The highest BCUT2D eigenvalue weighted by Crippen LogP contribution is 2.56. The van der Waals surface area contributed by atoms with E-state index in [0.717, 1.165) is 12.8 Å². The Morgan fingerprint density at radius 3 is 2.88 bits per heavy atom. The van der Waals surface area contributed by atoms with Crippen LogP contribution < -0.4 is 0 Å². The first kappa shape index (κ1) is 11.4. The molecule has 4 nitrogen and oxygen atoms in total. The highest BCUT2D eigenvalue weighted by molar-refractivity contribution is 6.02. The maximum absolute atomic E-state index is 12.0. The van der Waals surface area contributed by atoms with E-state index in [1.54, 1.807) is 6.92 Å². The largest absolute Gasteiger partial charge is 0.465 e. The number of hydrogen-bond acceptors (Lipinski definition) is 4. The minimum atomic E-state index is -1.01. The molecule has 0 bridgehead atoms. The van der Waals surface area contributed by atoms with Crippen LogP contribution in [0.25, 0.3) is 0 Å². The van der Waals surface area contributed by atoms with Gasteiger partial charge >= 0.3 is 11.9 Å². The van der Waals surface area contributed by atoms with Crippen molar-refractivity contribution in [3.8, 4) is 0 Å². The van der Waals surface area contributed by atoms with Crippen molar-refractivity contribution in [2.75, 3.05) is 6.61 Å². The summed E-state index contributed by atoms with van der Waals surface area (Å²) in [6.45, 7) is 5.81. The van der Waals surface area contributed by atoms with Gasteiger partial charge in [-0.25, -0.2) is 0 Å². The molecule has 0 aromatic carbocycles. The van der Waals surface area contributed by atoms with Gasteiger partial charge in [0.25, 0.3) is 0 Å². The number of rotatable bonds is 2. The summed E-state index contributed by atoms with van der Waals surface area (Å²) >= 11 is 0. The lowest BCUT2D eigenvalue weighted by Crippen LogP contribution is -2.41. The Morgan fingerprint density at radius 2 is 2.25 bits per heavy atom. The second-order valence-electron chi connectivity index (χ2n) is 5.13. The van der Waals surface area contributed by atoms with Gasteiger partial charge in [0.05, 0.1) is 6.61 Å². The summed E-state index contributed by atoms with van der Waals surface area (Å²) < 4.78 is 10.4. The summed E-state index contributed by atoms with van der Waals surface area (Å²) in [7, 11) is 0. The minimum absolute atomic E-state index is 0.0356. The van der Waals surface area contributed by atoms with E-state index in [2.05, 4.69) is 0 Å². The van der Waals surface area contributed by atoms with Gasteiger partial charge in [0, 0.05) is 5.92 Å². The lowest BCUT2D eigenvalue weighted by molar-refractivity contribution is -0.166. The zero-order valence-electron chi connectivity index (χ0n) is 10.0. The molecule has 2 atom stereocenters. The van der Waals surface area contributed by atoms with E-state index >= 15 is 0 Å². The van der Waals surface area contributed by atoms with Crippen molar-refractivity contribution in [3.05, 3.63) is 0 Å². The third-order valence-corrected chi connectivity index (χ3v) is 3.86. The van der Waals surface area contributed by atoms with Gasteiger partial charge < -0.3 is 9.47 Å². The van der Waals surface area contributed by atoms with Gasteiger partial charge in [-0.2, -0.15) is 0 Å². The summed E-state index contributed by atoms with van der Waals surface area (Å²) in [6.07, 6.45) is 2.32. The number of fused-ring (bicyclic) bond motifs is 1. The van der Waals surface area contributed by atoms with E-state index in [0.29, 0.717) is 13.0 Å². The number of hydrogen-bond donors (Lipinski definition) is 0. The van der Waals surface area contributed by atoms with Crippen LogP contribution in [0, 0.1) is 11.3 Å². The Kier molecular flexibility index (Phi) is 2.48. The summed E-state index contributed by atoms with van der Waals surface area (Å²) in [4.78, 5) is 24.0. The van der Waals surface area contributed by atoms with Crippen LogP contribution in [0.1, 0.15) is 40.0 Å². The van der Waals surface area contributed by atoms with Gasteiger partial charge in [0.2, 0.25) is 0 Å². The molecule has 1 saturated heterocycles. The summed E-state index contributed by atoms with van der Waals surface area (Å²) in [5.74, 6) is -0.821. The molecule has 1 saturated carbocycles. The fourth-order valence-electron chi connectivity index (χ4n) is 3.18. The first-order valence-corrected chi connectivity index (χ1v) is 5.86. The van der Waals surface area contributed by atoms with Crippen molar-refractivity contribution >= 4 is 11.9 Å². The Hall–Kier alpha value is -1.06. The van der Waals surface area contributed by atoms with Crippen LogP contribution in [0.5, 0.6) is 0 Å². The van der Waals surface area contributed by atoms with Crippen LogP contribution in [0.3, 0.4) is 0 Å². The van der Waals surface area contributed by atoms with E-state index in [1.807, 2.05) is 13.8 Å². The highest BCUT2D eigenvalue weighted by atomic mass is 16.6. The molecule has 0 N–H and O–H groups in total. The van der Waals surface area contributed by atoms with Crippen LogP contribution in [0.2, 0.25) is 0 Å². The fourth-order valence-corrected chi connectivity index (χ4v) is 3.18. The topological polar surface area (TPSA) is 52.6 Å². The van der Waals surface area contributed by atoms with E-state index in [1.165, 1.54) is 0 Å². The number of ether oxygens (including phenoxy) is 2. The maximum Gasteiger partial charge on any atom is 0.324 e. The molecule has 2 fully saturated rings. The van der Waals surface area contributed by atoms with Gasteiger partial charge in [-0.3, -0.25) is 9.59 Å². The van der Waals surface area contributed by atoms with Crippen LogP contribution in [-0.4, -0.2) is 24.1 Å². The Morgan fingerprint density at radius 1 is 1.56 bits per heavy atom. The first-order chi connectivity index (χ1) is 7.45. The Labute approximate surface area is 95.3 Å². The Balaban J connectivity index is 2.37. The highest BCUT2D eigenvalue weighted by Gasteiger charge is 2.67. The second-order valence-corrected chi connectivity index (χ2v) is 5.13. The molecule has 4 heteroatoms. The molecule has 0 aromatic rings. The second kappa shape index (κ2) is 3.47. The zero-order chi connectivity index (χ0) is 12.0. The number of esters is 2. The lowest BCUT2D eigenvalue weighted by atomic mass is 9.73. The molecule has 90 valence electrons. The summed E-state index contributed by atoms with van der Waals surface area (Å²) in [6, 6.07) is 0. The molecular formula is C12H18O4. The molecule has 1 aliphatic heterocycles. The zero-order valence-corrected chi connectivity index (χ0v) is 10.0. The van der Waals surface area contributed by atoms with E-state index in [-0.39, 0.29) is 5.92 Å². The lowest BCUT2D eigenvalue weighted by Gasteiger charge is -2.27. The smallest absolute Gasteiger partial charge is 0.324 e. The third kappa shape index (κ3) is 1.28. The standard InChI is InChI=1S/C12H18O4/c1-4-15-9(13)12-7-5-6-8(12)11(2,3)16-10(12)14/h8H,4-7H2,1-3H3/t8-,12-/m0/s1. The SMILES string of the molecule is CCOC(=O)[C@]12CCC[C@H]1C(C)(C)OC2=O. The predicted octanol–water partition coefficient (Wildman–Crippen LogP) is 1.67. The monoisotopic (exact) mass is 226 g/mol. The van der Waals surface area contributed by atoms with Gasteiger partial charge in [0.15, 0.2) is 5.41 Å². The molecular weight excluding hydrogens is 208 g/mol. The summed E-state index contributed by atoms with van der Waals surface area (Å²) in [5, 5.41) is 0. The molecule has 0 amide bonds. The number of carbonyl (C=O) groups is 2. The Bertz CT molecular complexity index is 334.